The summed E-state index contributed by atoms with van der Waals surface area (Å²) in [6.07, 6.45) is 10.2. The van der Waals surface area contributed by atoms with Gasteiger partial charge in [0, 0.05) is 6.04 Å². The molecule has 0 aromatic rings. The van der Waals surface area contributed by atoms with Gasteiger partial charge in [0.05, 0.1) is 6.04 Å². The van der Waals surface area contributed by atoms with Gasteiger partial charge in [-0.25, -0.2) is 10.8 Å². The van der Waals surface area contributed by atoms with E-state index >= 15 is 0 Å². The van der Waals surface area contributed by atoms with Crippen LogP contribution in [0.5, 0.6) is 0 Å². The quantitative estimate of drug-likeness (QED) is 0.298. The molecule has 4 nitrogen and oxygen atoms in total. The fourth-order valence-corrected chi connectivity index (χ4v) is 3.09. The van der Waals surface area contributed by atoms with E-state index in [1.54, 1.807) is 0 Å². The highest BCUT2D eigenvalue weighted by molar-refractivity contribution is 5.79. The molecule has 2 saturated carbocycles. The molecule has 0 bridgehead atoms. The molecule has 0 radical (unpaired) electrons. The first kappa shape index (κ1) is 12.7. The van der Waals surface area contributed by atoms with Gasteiger partial charge in [-0.3, -0.25) is 5.43 Å². The molecule has 0 spiro atoms. The minimum absolute atomic E-state index is 0.481. The number of nitrogens with zero attached hydrogens (tertiary/aromatic N) is 1. The summed E-state index contributed by atoms with van der Waals surface area (Å²) < 4.78 is 0. The molecule has 4 N–H and O–H groups in total. The van der Waals surface area contributed by atoms with Gasteiger partial charge >= 0.3 is 0 Å². The van der Waals surface area contributed by atoms with E-state index in [0.717, 1.165) is 11.9 Å². The lowest BCUT2D eigenvalue weighted by Gasteiger charge is -2.28. The molecule has 0 heterocycles. The van der Waals surface area contributed by atoms with E-state index in [9.17, 15) is 0 Å². The first-order valence-corrected chi connectivity index (χ1v) is 7.09. The minimum Gasteiger partial charge on any atom is -0.353 e. The number of hydrazine groups is 1. The van der Waals surface area contributed by atoms with Gasteiger partial charge in [-0.2, -0.15) is 0 Å². The first-order chi connectivity index (χ1) is 8.28. The number of guanidine groups is 1. The SMILES string of the molecule is CC1CCCC(NC(=NC2CCCC2)NN)C1. The highest BCUT2D eigenvalue weighted by Crippen LogP contribution is 2.24. The van der Waals surface area contributed by atoms with Crippen LogP contribution in [0.1, 0.15) is 58.3 Å². The Labute approximate surface area is 104 Å². The molecule has 0 aromatic heterocycles. The van der Waals surface area contributed by atoms with Crippen molar-refractivity contribution in [2.75, 3.05) is 0 Å². The molecule has 2 unspecified atom stereocenters. The third-order valence-corrected chi connectivity index (χ3v) is 4.05. The topological polar surface area (TPSA) is 62.4 Å². The highest BCUT2D eigenvalue weighted by Gasteiger charge is 2.20. The normalized spacial score (nSPS) is 31.5. The van der Waals surface area contributed by atoms with E-state index in [1.807, 2.05) is 0 Å². The largest absolute Gasteiger partial charge is 0.353 e. The maximum absolute atomic E-state index is 5.56. The maximum atomic E-state index is 5.56. The fourth-order valence-electron chi connectivity index (χ4n) is 3.09. The van der Waals surface area contributed by atoms with Crippen molar-refractivity contribution in [1.82, 2.24) is 10.7 Å². The molecular formula is C13H26N4. The van der Waals surface area contributed by atoms with Crippen LogP contribution < -0.4 is 16.6 Å². The summed E-state index contributed by atoms with van der Waals surface area (Å²) in [7, 11) is 0. The zero-order chi connectivity index (χ0) is 12.1. The van der Waals surface area contributed by atoms with Crippen molar-refractivity contribution in [3.05, 3.63) is 0 Å². The Bertz CT molecular complexity index is 258. The van der Waals surface area contributed by atoms with Crippen molar-refractivity contribution in [2.24, 2.45) is 16.8 Å². The Kier molecular flexibility index (Phi) is 4.66. The van der Waals surface area contributed by atoms with Gasteiger partial charge in [0.2, 0.25) is 5.96 Å². The van der Waals surface area contributed by atoms with E-state index in [1.165, 1.54) is 51.4 Å². The summed E-state index contributed by atoms with van der Waals surface area (Å²) in [4.78, 5) is 4.68. The third-order valence-electron chi connectivity index (χ3n) is 4.05. The summed E-state index contributed by atoms with van der Waals surface area (Å²) in [6.45, 7) is 2.33. The molecule has 2 atom stereocenters. The van der Waals surface area contributed by atoms with E-state index in [2.05, 4.69) is 22.7 Å². The zero-order valence-corrected chi connectivity index (χ0v) is 10.9. The summed E-state index contributed by atoms with van der Waals surface area (Å²) >= 11 is 0. The van der Waals surface area contributed by atoms with Crippen LogP contribution in [0.3, 0.4) is 0 Å². The Balaban J connectivity index is 1.85. The lowest BCUT2D eigenvalue weighted by molar-refractivity contribution is 0.324. The van der Waals surface area contributed by atoms with E-state index in [-0.39, 0.29) is 0 Å². The molecule has 4 heteroatoms. The molecule has 2 aliphatic carbocycles. The number of hydrogen-bond donors (Lipinski definition) is 3. The minimum atomic E-state index is 0.481. The molecule has 0 saturated heterocycles. The van der Waals surface area contributed by atoms with Crippen LogP contribution in [0, 0.1) is 5.92 Å². The van der Waals surface area contributed by atoms with Crippen molar-refractivity contribution in [2.45, 2.75) is 70.4 Å². The molecule has 2 fully saturated rings. The standard InChI is InChI=1S/C13H26N4/c1-10-5-4-8-12(9-10)16-13(17-14)15-11-6-2-3-7-11/h10-12H,2-9,14H2,1H3,(H2,15,16,17). The Hall–Kier alpha value is -0.770. The molecule has 98 valence electrons. The van der Waals surface area contributed by atoms with Crippen molar-refractivity contribution in [1.29, 1.82) is 0 Å². The van der Waals surface area contributed by atoms with Crippen LogP contribution in [-0.2, 0) is 0 Å². The van der Waals surface area contributed by atoms with E-state index in [0.29, 0.717) is 12.1 Å². The Morgan fingerprint density at radius 2 is 1.88 bits per heavy atom. The zero-order valence-electron chi connectivity index (χ0n) is 10.9. The number of hydrogen-bond acceptors (Lipinski definition) is 2. The molecule has 0 aliphatic heterocycles. The first-order valence-electron chi connectivity index (χ1n) is 7.09. The van der Waals surface area contributed by atoms with Crippen LogP contribution >= 0.6 is 0 Å². The number of rotatable bonds is 2. The summed E-state index contributed by atoms with van der Waals surface area (Å²) in [5.41, 5.74) is 2.73. The average Bonchev–Trinajstić information content (AvgIpc) is 2.81. The van der Waals surface area contributed by atoms with Gasteiger partial charge in [-0.1, -0.05) is 32.6 Å². The van der Waals surface area contributed by atoms with Gasteiger partial charge < -0.3 is 5.32 Å². The highest BCUT2D eigenvalue weighted by atomic mass is 15.3. The predicted molar refractivity (Wildman–Crippen MR) is 71.6 cm³/mol. The molecular weight excluding hydrogens is 212 g/mol. The molecule has 17 heavy (non-hydrogen) atoms. The van der Waals surface area contributed by atoms with Gasteiger partial charge in [-0.15, -0.1) is 0 Å². The third kappa shape index (κ3) is 3.87. The van der Waals surface area contributed by atoms with Gasteiger partial charge in [-0.05, 0) is 31.6 Å². The average molecular weight is 238 g/mol. The van der Waals surface area contributed by atoms with Crippen LogP contribution in [0.2, 0.25) is 0 Å². The van der Waals surface area contributed by atoms with Crippen LogP contribution in [0.25, 0.3) is 0 Å². The van der Waals surface area contributed by atoms with Gasteiger partial charge in [0.25, 0.3) is 0 Å². The second-order valence-electron chi connectivity index (χ2n) is 5.67. The second kappa shape index (κ2) is 6.24. The van der Waals surface area contributed by atoms with Crippen LogP contribution in [0.4, 0.5) is 0 Å². The van der Waals surface area contributed by atoms with E-state index < -0.39 is 0 Å². The second-order valence-corrected chi connectivity index (χ2v) is 5.67. The van der Waals surface area contributed by atoms with Crippen LogP contribution in [-0.4, -0.2) is 18.0 Å². The molecule has 0 amide bonds. The van der Waals surface area contributed by atoms with E-state index in [4.69, 9.17) is 5.84 Å². The fraction of sp³-hybridized carbons (Fsp3) is 0.923. The van der Waals surface area contributed by atoms with Crippen molar-refractivity contribution in [3.63, 3.8) is 0 Å². The van der Waals surface area contributed by atoms with Crippen molar-refractivity contribution >= 4 is 5.96 Å². The molecule has 0 aromatic carbocycles. The number of aliphatic imine (C=N–C) groups is 1. The summed E-state index contributed by atoms with van der Waals surface area (Å²) in [5.74, 6) is 7.19. The lowest BCUT2D eigenvalue weighted by atomic mass is 9.87. The maximum Gasteiger partial charge on any atom is 0.206 e. The Morgan fingerprint density at radius 1 is 1.12 bits per heavy atom. The van der Waals surface area contributed by atoms with Gasteiger partial charge in [0.1, 0.15) is 0 Å². The number of nitrogens with one attached hydrogen (secondary N) is 2. The van der Waals surface area contributed by atoms with Crippen LogP contribution in [0.15, 0.2) is 4.99 Å². The number of nitrogens with two attached hydrogens (primary N) is 1. The van der Waals surface area contributed by atoms with Crippen molar-refractivity contribution in [3.8, 4) is 0 Å². The van der Waals surface area contributed by atoms with Crippen molar-refractivity contribution < 1.29 is 0 Å². The lowest BCUT2D eigenvalue weighted by Crippen LogP contribution is -2.48. The molecule has 2 aliphatic rings. The smallest absolute Gasteiger partial charge is 0.206 e. The summed E-state index contributed by atoms with van der Waals surface area (Å²) in [6, 6.07) is 1.03. The predicted octanol–water partition coefficient (Wildman–Crippen LogP) is 1.92. The summed E-state index contributed by atoms with van der Waals surface area (Å²) in [5, 5.41) is 3.48. The Morgan fingerprint density at radius 3 is 2.53 bits per heavy atom. The molecule has 2 rings (SSSR count). The van der Waals surface area contributed by atoms with Gasteiger partial charge in [0.15, 0.2) is 0 Å². The monoisotopic (exact) mass is 238 g/mol.